The normalized spacial score (nSPS) is 22.8. The maximum absolute atomic E-state index is 13.3. The largest absolute Gasteiger partial charge is 0.444 e. The Morgan fingerprint density at radius 1 is 0.925 bits per heavy atom. The smallest absolute Gasteiger partial charge is 0.410 e. The maximum atomic E-state index is 13.3. The molecule has 0 saturated carbocycles. The third-order valence-electron chi connectivity index (χ3n) is 9.03. The Morgan fingerprint density at radius 2 is 1.52 bits per heavy atom. The van der Waals surface area contributed by atoms with Crippen molar-refractivity contribution in [2.45, 2.75) is 65.4 Å². The number of fused-ring (bicyclic) bond motifs is 1. The molecule has 1 aromatic carbocycles. The van der Waals surface area contributed by atoms with Gasteiger partial charge in [0.2, 0.25) is 0 Å². The third-order valence-corrected chi connectivity index (χ3v) is 9.03. The summed E-state index contributed by atoms with van der Waals surface area (Å²) in [5.74, 6) is 2.17. The lowest BCUT2D eigenvalue weighted by Crippen LogP contribution is -2.42. The Hall–Kier alpha value is -3.00. The first-order valence-corrected chi connectivity index (χ1v) is 14.9. The fourth-order valence-electron chi connectivity index (χ4n) is 7.01. The van der Waals surface area contributed by atoms with Gasteiger partial charge in [0.05, 0.1) is 17.0 Å². The van der Waals surface area contributed by atoms with E-state index in [0.717, 1.165) is 76.5 Å². The number of amides is 2. The molecular weight excluding hydrogens is 502 g/mol. The SMILES string of the molecule is Cc1ncnc(C)c1C(=O)N1CC2CN(CCC(c3ccccc3)C3CCN(C(=O)OC(C)(C)C)CC3)CC2C1. The van der Waals surface area contributed by atoms with Crippen LogP contribution in [-0.4, -0.2) is 88.1 Å². The molecule has 2 amide bonds. The minimum Gasteiger partial charge on any atom is -0.444 e. The first kappa shape index (κ1) is 28.5. The summed E-state index contributed by atoms with van der Waals surface area (Å²) in [6.07, 6.45) is 4.46. The average molecular weight is 548 g/mol. The van der Waals surface area contributed by atoms with Crippen LogP contribution in [0.4, 0.5) is 4.79 Å². The summed E-state index contributed by atoms with van der Waals surface area (Å²) in [5.41, 5.74) is 3.14. The van der Waals surface area contributed by atoms with Crippen LogP contribution in [0.1, 0.15) is 73.3 Å². The summed E-state index contributed by atoms with van der Waals surface area (Å²) in [5, 5.41) is 0. The number of aromatic nitrogens is 2. The molecule has 3 atom stereocenters. The summed E-state index contributed by atoms with van der Waals surface area (Å²) in [7, 11) is 0. The van der Waals surface area contributed by atoms with Gasteiger partial charge in [0.15, 0.2) is 0 Å². The van der Waals surface area contributed by atoms with Crippen LogP contribution in [0.25, 0.3) is 0 Å². The summed E-state index contributed by atoms with van der Waals surface area (Å²) >= 11 is 0. The average Bonchev–Trinajstić information content (AvgIpc) is 3.48. The van der Waals surface area contributed by atoms with E-state index in [1.165, 1.54) is 11.9 Å². The zero-order valence-corrected chi connectivity index (χ0v) is 24.8. The van der Waals surface area contributed by atoms with E-state index in [0.29, 0.717) is 29.2 Å². The van der Waals surface area contributed by atoms with E-state index in [2.05, 4.69) is 45.2 Å². The molecule has 3 aliphatic rings. The number of hydrogen-bond donors (Lipinski definition) is 0. The van der Waals surface area contributed by atoms with E-state index in [4.69, 9.17) is 4.74 Å². The van der Waals surface area contributed by atoms with Crippen molar-refractivity contribution in [1.29, 1.82) is 0 Å². The molecule has 1 aromatic heterocycles. The standard InChI is InChI=1S/C32H45N5O3/c1-22-29(23(2)34-21-33-22)30(38)37-19-26-17-35(18-27(26)20-37)14-13-28(24-9-7-6-8-10-24)25-11-15-36(16-12-25)31(39)40-32(3,4)5/h6-10,21,25-28H,11-20H2,1-5H3. The molecule has 4 heterocycles. The van der Waals surface area contributed by atoms with E-state index < -0.39 is 5.60 Å². The molecule has 0 N–H and O–H groups in total. The minimum atomic E-state index is -0.466. The molecule has 0 radical (unpaired) electrons. The Bertz CT molecular complexity index is 1150. The predicted octanol–water partition coefficient (Wildman–Crippen LogP) is 4.92. The molecule has 216 valence electrons. The predicted molar refractivity (Wildman–Crippen MR) is 155 cm³/mol. The van der Waals surface area contributed by atoms with Crippen molar-refractivity contribution in [3.63, 3.8) is 0 Å². The lowest BCUT2D eigenvalue weighted by molar-refractivity contribution is 0.0171. The van der Waals surface area contributed by atoms with Gasteiger partial charge in [-0.1, -0.05) is 30.3 Å². The van der Waals surface area contributed by atoms with E-state index in [9.17, 15) is 9.59 Å². The van der Waals surface area contributed by atoms with Crippen LogP contribution in [0, 0.1) is 31.6 Å². The number of aryl methyl sites for hydroxylation is 2. The monoisotopic (exact) mass is 547 g/mol. The number of hydrogen-bond acceptors (Lipinski definition) is 6. The zero-order valence-electron chi connectivity index (χ0n) is 24.8. The van der Waals surface area contributed by atoms with Gasteiger partial charge in [-0.05, 0) is 89.7 Å². The molecule has 0 aliphatic carbocycles. The second kappa shape index (κ2) is 11.9. The molecule has 5 rings (SSSR count). The molecule has 3 fully saturated rings. The zero-order chi connectivity index (χ0) is 28.4. The Balaban J connectivity index is 1.16. The quantitative estimate of drug-likeness (QED) is 0.511. The van der Waals surface area contributed by atoms with Crippen LogP contribution in [0.5, 0.6) is 0 Å². The van der Waals surface area contributed by atoms with Crippen molar-refractivity contribution < 1.29 is 14.3 Å². The van der Waals surface area contributed by atoms with E-state index in [1.807, 2.05) is 44.4 Å². The fourth-order valence-corrected chi connectivity index (χ4v) is 7.01. The van der Waals surface area contributed by atoms with Crippen molar-refractivity contribution in [2.24, 2.45) is 17.8 Å². The van der Waals surface area contributed by atoms with Gasteiger partial charge in [0.25, 0.3) is 5.91 Å². The van der Waals surface area contributed by atoms with Crippen LogP contribution in [0.2, 0.25) is 0 Å². The first-order chi connectivity index (χ1) is 19.1. The lowest BCUT2D eigenvalue weighted by atomic mass is 9.78. The Labute approximate surface area is 239 Å². The maximum Gasteiger partial charge on any atom is 0.410 e. The minimum absolute atomic E-state index is 0.0819. The number of likely N-dealkylation sites (tertiary alicyclic amines) is 3. The molecule has 8 nitrogen and oxygen atoms in total. The second-order valence-electron chi connectivity index (χ2n) is 13.0. The third kappa shape index (κ3) is 6.48. The number of rotatable bonds is 6. The molecule has 2 aromatic rings. The van der Waals surface area contributed by atoms with Gasteiger partial charge in [-0.15, -0.1) is 0 Å². The van der Waals surface area contributed by atoms with Gasteiger partial charge in [0, 0.05) is 39.3 Å². The van der Waals surface area contributed by atoms with Gasteiger partial charge < -0.3 is 19.4 Å². The summed E-state index contributed by atoms with van der Waals surface area (Å²) < 4.78 is 5.62. The van der Waals surface area contributed by atoms with Crippen LogP contribution in [-0.2, 0) is 4.74 Å². The van der Waals surface area contributed by atoms with E-state index in [-0.39, 0.29) is 12.0 Å². The highest BCUT2D eigenvalue weighted by Gasteiger charge is 2.42. The number of carbonyl (C=O) groups is 2. The highest BCUT2D eigenvalue weighted by atomic mass is 16.6. The van der Waals surface area contributed by atoms with Crippen molar-refractivity contribution in [3.05, 3.63) is 59.2 Å². The highest BCUT2D eigenvalue weighted by Crippen LogP contribution is 2.38. The van der Waals surface area contributed by atoms with Gasteiger partial charge in [-0.3, -0.25) is 4.79 Å². The molecule has 3 saturated heterocycles. The Morgan fingerprint density at radius 3 is 2.10 bits per heavy atom. The van der Waals surface area contributed by atoms with Gasteiger partial charge in [-0.25, -0.2) is 14.8 Å². The number of piperidine rings is 1. The van der Waals surface area contributed by atoms with Gasteiger partial charge in [-0.2, -0.15) is 0 Å². The van der Waals surface area contributed by atoms with Crippen LogP contribution in [0.3, 0.4) is 0 Å². The molecular formula is C32H45N5O3. The van der Waals surface area contributed by atoms with Crippen molar-refractivity contribution in [1.82, 2.24) is 24.7 Å². The number of ether oxygens (including phenoxy) is 1. The second-order valence-corrected chi connectivity index (χ2v) is 13.0. The van der Waals surface area contributed by atoms with Crippen LogP contribution in [0.15, 0.2) is 36.7 Å². The van der Waals surface area contributed by atoms with Crippen molar-refractivity contribution >= 4 is 12.0 Å². The molecule has 40 heavy (non-hydrogen) atoms. The topological polar surface area (TPSA) is 78.9 Å². The molecule has 3 unspecified atom stereocenters. The van der Waals surface area contributed by atoms with Gasteiger partial charge >= 0.3 is 6.09 Å². The Kier molecular flexibility index (Phi) is 8.45. The van der Waals surface area contributed by atoms with Crippen LogP contribution >= 0.6 is 0 Å². The molecule has 0 bridgehead atoms. The lowest BCUT2D eigenvalue weighted by Gasteiger charge is -2.37. The van der Waals surface area contributed by atoms with Crippen molar-refractivity contribution in [2.75, 3.05) is 45.8 Å². The van der Waals surface area contributed by atoms with Gasteiger partial charge in [0.1, 0.15) is 11.9 Å². The number of nitrogens with zero attached hydrogens (tertiary/aromatic N) is 5. The molecule has 0 spiro atoms. The summed E-state index contributed by atoms with van der Waals surface area (Å²) in [6.45, 7) is 15.9. The number of carbonyl (C=O) groups excluding carboxylic acids is 2. The number of benzene rings is 1. The first-order valence-electron chi connectivity index (χ1n) is 14.9. The summed E-state index contributed by atoms with van der Waals surface area (Å²) in [4.78, 5) is 40.9. The fraction of sp³-hybridized carbons (Fsp3) is 0.625. The van der Waals surface area contributed by atoms with E-state index in [1.54, 1.807) is 0 Å². The molecule has 3 aliphatic heterocycles. The van der Waals surface area contributed by atoms with Crippen LogP contribution < -0.4 is 0 Å². The molecule has 8 heteroatoms. The van der Waals surface area contributed by atoms with E-state index >= 15 is 0 Å². The van der Waals surface area contributed by atoms with Crippen molar-refractivity contribution in [3.8, 4) is 0 Å². The summed E-state index contributed by atoms with van der Waals surface area (Å²) in [6, 6.07) is 10.9. The highest BCUT2D eigenvalue weighted by molar-refractivity contribution is 5.96.